The predicted molar refractivity (Wildman–Crippen MR) is 97.8 cm³/mol. The van der Waals surface area contributed by atoms with Crippen LogP contribution in [0.25, 0.3) is 0 Å². The van der Waals surface area contributed by atoms with E-state index in [-0.39, 0.29) is 17.4 Å². The predicted octanol–water partition coefficient (Wildman–Crippen LogP) is 4.78. The highest BCUT2D eigenvalue weighted by Gasteiger charge is 2.32. The molecule has 8 heteroatoms. The van der Waals surface area contributed by atoms with Gasteiger partial charge >= 0.3 is 6.18 Å². The molecule has 1 fully saturated rings. The Morgan fingerprint density at radius 2 is 2.11 bits per heavy atom. The molecule has 1 unspecified atom stereocenters. The second-order valence-electron chi connectivity index (χ2n) is 7.30. The molecule has 0 aliphatic carbocycles. The highest BCUT2D eigenvalue weighted by molar-refractivity contribution is 7.11. The molecule has 1 aliphatic rings. The van der Waals surface area contributed by atoms with Crippen molar-refractivity contribution in [1.82, 2.24) is 15.1 Å². The normalized spacial score (nSPS) is 18.1. The highest BCUT2D eigenvalue weighted by atomic mass is 32.1. The number of hydrogen-bond acceptors (Lipinski definition) is 4. The number of benzene rings is 1. The highest BCUT2D eigenvalue weighted by Crippen LogP contribution is 2.32. The molecule has 1 saturated heterocycles. The van der Waals surface area contributed by atoms with Gasteiger partial charge in [-0.2, -0.15) is 13.2 Å². The third-order valence-corrected chi connectivity index (χ3v) is 5.67. The first-order valence-corrected chi connectivity index (χ1v) is 9.84. The molecule has 27 heavy (non-hydrogen) atoms. The van der Waals surface area contributed by atoms with E-state index in [0.29, 0.717) is 19.0 Å². The Kier molecular flexibility index (Phi) is 5.83. The fourth-order valence-corrected chi connectivity index (χ4v) is 4.42. The van der Waals surface area contributed by atoms with Gasteiger partial charge in [0.15, 0.2) is 0 Å². The van der Waals surface area contributed by atoms with Crippen molar-refractivity contribution >= 4 is 17.2 Å². The molecule has 146 valence electrons. The number of aromatic nitrogens is 2. The summed E-state index contributed by atoms with van der Waals surface area (Å²) in [6.07, 6.45) is -1.88. The van der Waals surface area contributed by atoms with Gasteiger partial charge < -0.3 is 4.90 Å². The van der Waals surface area contributed by atoms with Crippen molar-refractivity contribution in [1.29, 1.82) is 0 Å². The van der Waals surface area contributed by atoms with Gasteiger partial charge in [0.05, 0.1) is 5.56 Å². The molecule has 2 aromatic rings. The van der Waals surface area contributed by atoms with Crippen LogP contribution in [0.3, 0.4) is 0 Å². The third kappa shape index (κ3) is 4.86. The monoisotopic (exact) mass is 397 g/mol. The zero-order chi connectivity index (χ0) is 19.6. The standard InChI is InChI=1S/C19H22F3N3OS/c1-12(2)9-16-23-24-17(27-16)14-6-4-8-25(11-14)18(26)13-5-3-7-15(10-13)19(20,21)22/h3,5,7,10,12,14H,4,6,8-9,11H2,1-2H3. The Bertz CT molecular complexity index is 803. The van der Waals surface area contributed by atoms with Gasteiger partial charge in [-0.3, -0.25) is 4.79 Å². The smallest absolute Gasteiger partial charge is 0.338 e. The first-order chi connectivity index (χ1) is 12.7. The average molecular weight is 397 g/mol. The molecule has 1 aromatic carbocycles. The van der Waals surface area contributed by atoms with E-state index in [4.69, 9.17) is 0 Å². The maximum atomic E-state index is 12.9. The largest absolute Gasteiger partial charge is 0.416 e. The molecule has 1 amide bonds. The Balaban J connectivity index is 1.72. The second-order valence-corrected chi connectivity index (χ2v) is 8.39. The third-order valence-electron chi connectivity index (χ3n) is 4.56. The van der Waals surface area contributed by atoms with E-state index in [1.54, 1.807) is 16.2 Å². The summed E-state index contributed by atoms with van der Waals surface area (Å²) in [6.45, 7) is 5.25. The Hall–Kier alpha value is -1.96. The van der Waals surface area contributed by atoms with Crippen molar-refractivity contribution in [3.63, 3.8) is 0 Å². The number of piperidine rings is 1. The van der Waals surface area contributed by atoms with Crippen LogP contribution in [-0.2, 0) is 12.6 Å². The second kappa shape index (κ2) is 7.96. The summed E-state index contributed by atoms with van der Waals surface area (Å²) >= 11 is 1.57. The van der Waals surface area contributed by atoms with Gasteiger partial charge in [-0.15, -0.1) is 21.5 Å². The summed E-state index contributed by atoms with van der Waals surface area (Å²) < 4.78 is 38.7. The van der Waals surface area contributed by atoms with Crippen LogP contribution in [0, 0.1) is 5.92 Å². The van der Waals surface area contributed by atoms with Crippen LogP contribution >= 0.6 is 11.3 Å². The van der Waals surface area contributed by atoms with E-state index >= 15 is 0 Å². The number of halogens is 3. The maximum Gasteiger partial charge on any atom is 0.416 e. The molecule has 3 rings (SSSR count). The van der Waals surface area contributed by atoms with Crippen molar-refractivity contribution in [3.05, 3.63) is 45.4 Å². The van der Waals surface area contributed by atoms with Crippen LogP contribution in [0.5, 0.6) is 0 Å². The molecular weight excluding hydrogens is 375 g/mol. The molecule has 1 aromatic heterocycles. The number of likely N-dealkylation sites (tertiary alicyclic amines) is 1. The summed E-state index contributed by atoms with van der Waals surface area (Å²) in [6, 6.07) is 4.62. The number of amides is 1. The molecule has 0 bridgehead atoms. The van der Waals surface area contributed by atoms with Gasteiger partial charge in [0, 0.05) is 31.0 Å². The van der Waals surface area contributed by atoms with Crippen LogP contribution in [0.4, 0.5) is 13.2 Å². The van der Waals surface area contributed by atoms with E-state index in [1.165, 1.54) is 12.1 Å². The van der Waals surface area contributed by atoms with Crippen molar-refractivity contribution in [2.75, 3.05) is 13.1 Å². The number of alkyl halides is 3. The number of carbonyl (C=O) groups is 1. The van der Waals surface area contributed by atoms with E-state index < -0.39 is 11.7 Å². The zero-order valence-corrected chi connectivity index (χ0v) is 16.1. The minimum absolute atomic E-state index is 0.0724. The van der Waals surface area contributed by atoms with Crippen LogP contribution in [0.2, 0.25) is 0 Å². The lowest BCUT2D eigenvalue weighted by Gasteiger charge is -2.31. The minimum Gasteiger partial charge on any atom is -0.338 e. The van der Waals surface area contributed by atoms with Crippen molar-refractivity contribution in [2.24, 2.45) is 5.92 Å². The first kappa shape index (κ1) is 19.8. The van der Waals surface area contributed by atoms with Crippen LogP contribution in [0.15, 0.2) is 24.3 Å². The molecule has 0 spiro atoms. The summed E-state index contributed by atoms with van der Waals surface area (Å²) in [4.78, 5) is 14.4. The average Bonchev–Trinajstić information content (AvgIpc) is 3.08. The van der Waals surface area contributed by atoms with Gasteiger partial charge in [0.2, 0.25) is 0 Å². The van der Waals surface area contributed by atoms with E-state index in [2.05, 4.69) is 24.0 Å². The number of hydrogen-bond donors (Lipinski definition) is 0. The van der Waals surface area contributed by atoms with Gasteiger partial charge in [-0.1, -0.05) is 19.9 Å². The van der Waals surface area contributed by atoms with E-state index in [1.807, 2.05) is 0 Å². The number of carbonyl (C=O) groups excluding carboxylic acids is 1. The van der Waals surface area contributed by atoms with Crippen LogP contribution in [-0.4, -0.2) is 34.1 Å². The molecular formula is C19H22F3N3OS. The van der Waals surface area contributed by atoms with Gasteiger partial charge in [-0.05, 0) is 37.0 Å². The summed E-state index contributed by atoms with van der Waals surface area (Å²) in [7, 11) is 0. The van der Waals surface area contributed by atoms with E-state index in [9.17, 15) is 18.0 Å². The lowest BCUT2D eigenvalue weighted by atomic mass is 9.98. The molecule has 0 saturated carbocycles. The number of rotatable bonds is 4. The summed E-state index contributed by atoms with van der Waals surface area (Å²) in [5, 5.41) is 10.4. The van der Waals surface area contributed by atoms with Crippen molar-refractivity contribution in [3.8, 4) is 0 Å². The number of nitrogens with zero attached hydrogens (tertiary/aromatic N) is 3. The topological polar surface area (TPSA) is 46.1 Å². The quantitative estimate of drug-likeness (QED) is 0.746. The molecule has 1 atom stereocenters. The molecule has 4 nitrogen and oxygen atoms in total. The summed E-state index contributed by atoms with van der Waals surface area (Å²) in [5.74, 6) is 0.223. The van der Waals surface area contributed by atoms with Crippen LogP contribution in [0.1, 0.15) is 58.5 Å². The zero-order valence-electron chi connectivity index (χ0n) is 15.3. The molecule has 1 aliphatic heterocycles. The fraction of sp³-hybridized carbons (Fsp3) is 0.526. The summed E-state index contributed by atoms with van der Waals surface area (Å²) in [5.41, 5.74) is -0.729. The fourth-order valence-electron chi connectivity index (χ4n) is 3.24. The van der Waals surface area contributed by atoms with Gasteiger partial charge in [-0.25, -0.2) is 0 Å². The lowest BCUT2D eigenvalue weighted by Crippen LogP contribution is -2.39. The lowest BCUT2D eigenvalue weighted by molar-refractivity contribution is -0.137. The van der Waals surface area contributed by atoms with Crippen molar-refractivity contribution < 1.29 is 18.0 Å². The Morgan fingerprint density at radius 1 is 1.33 bits per heavy atom. The van der Waals surface area contributed by atoms with E-state index in [0.717, 1.165) is 41.4 Å². The Morgan fingerprint density at radius 3 is 2.81 bits per heavy atom. The maximum absolute atomic E-state index is 12.9. The Labute approximate surface area is 160 Å². The molecule has 0 N–H and O–H groups in total. The van der Waals surface area contributed by atoms with Gasteiger partial charge in [0.1, 0.15) is 10.0 Å². The minimum atomic E-state index is -4.46. The SMILES string of the molecule is CC(C)Cc1nnc(C2CCCN(C(=O)c3cccc(C(F)(F)F)c3)C2)s1. The van der Waals surface area contributed by atoms with Crippen molar-refractivity contribution in [2.45, 2.75) is 45.2 Å². The molecule has 0 radical (unpaired) electrons. The van der Waals surface area contributed by atoms with Crippen LogP contribution < -0.4 is 0 Å². The molecule has 2 heterocycles. The van der Waals surface area contributed by atoms with Gasteiger partial charge in [0.25, 0.3) is 5.91 Å². The first-order valence-electron chi connectivity index (χ1n) is 9.03.